The third-order valence-corrected chi connectivity index (χ3v) is 2.35. The van der Waals surface area contributed by atoms with E-state index in [1.54, 1.807) is 0 Å². The number of benzene rings is 1. The molecule has 112 valence electrons. The number of hydrazine groups is 1. The molecular weight excluding hydrogens is 290 g/mol. The van der Waals surface area contributed by atoms with Crippen LogP contribution in [0.25, 0.3) is 0 Å². The zero-order valence-corrected chi connectivity index (χ0v) is 10.8. The number of amides is 1. The van der Waals surface area contributed by atoms with E-state index in [4.69, 9.17) is 0 Å². The van der Waals surface area contributed by atoms with E-state index in [2.05, 4.69) is 5.32 Å². The van der Waals surface area contributed by atoms with Crippen molar-refractivity contribution in [3.63, 3.8) is 0 Å². The first kappa shape index (κ1) is 15.7. The molecule has 0 heterocycles. The van der Waals surface area contributed by atoms with Crippen molar-refractivity contribution in [2.24, 2.45) is 0 Å². The molecule has 1 rings (SSSR count). The highest BCUT2D eigenvalue weighted by molar-refractivity contribution is 5.91. The predicted octanol–water partition coefficient (Wildman–Crippen LogP) is 1.09. The van der Waals surface area contributed by atoms with Gasteiger partial charge in [0.05, 0.1) is 22.6 Å². The molecule has 0 spiro atoms. The number of hydrogen-bond donors (Lipinski definition) is 1. The van der Waals surface area contributed by atoms with Crippen LogP contribution in [0.4, 0.5) is 22.7 Å². The smallest absolute Gasteiger partial charge is 0.307 e. The fourth-order valence-corrected chi connectivity index (χ4v) is 1.57. The first-order valence-corrected chi connectivity index (χ1v) is 5.27. The molecule has 0 aliphatic heterocycles. The zero-order valence-electron chi connectivity index (χ0n) is 10.8. The Kier molecular flexibility index (Phi) is 4.32. The van der Waals surface area contributed by atoms with Crippen LogP contribution < -0.4 is 10.3 Å². The van der Waals surface area contributed by atoms with Gasteiger partial charge >= 0.3 is 11.4 Å². The van der Waals surface area contributed by atoms with Gasteiger partial charge in [0.15, 0.2) is 5.03 Å². The Labute approximate surface area is 116 Å². The first-order chi connectivity index (χ1) is 9.65. The monoisotopic (exact) mass is 299 g/mol. The summed E-state index contributed by atoms with van der Waals surface area (Å²) in [6.07, 6.45) is 0. The summed E-state index contributed by atoms with van der Waals surface area (Å²) in [5, 5.41) is 34.0. The Bertz CT molecular complexity index is 608. The molecule has 12 heteroatoms. The van der Waals surface area contributed by atoms with Crippen LogP contribution in [0.15, 0.2) is 12.1 Å². The van der Waals surface area contributed by atoms with E-state index >= 15 is 0 Å². The summed E-state index contributed by atoms with van der Waals surface area (Å²) in [6.45, 7) is 1.11. The van der Waals surface area contributed by atoms with Crippen molar-refractivity contribution < 1.29 is 19.7 Å². The van der Waals surface area contributed by atoms with Gasteiger partial charge in [-0.05, 0) is 0 Å². The van der Waals surface area contributed by atoms with Crippen LogP contribution in [0.2, 0.25) is 0 Å². The average Bonchev–Trinajstić information content (AvgIpc) is 2.35. The van der Waals surface area contributed by atoms with Crippen LogP contribution in [0.3, 0.4) is 0 Å². The molecule has 0 aliphatic carbocycles. The quantitative estimate of drug-likeness (QED) is 0.623. The molecule has 1 N–H and O–H groups in total. The summed E-state index contributed by atoms with van der Waals surface area (Å²) in [7, 11) is 0.841. The maximum Gasteiger partial charge on any atom is 0.307 e. The highest BCUT2D eigenvalue weighted by Crippen LogP contribution is 2.39. The maximum absolute atomic E-state index is 11.0. The Morgan fingerprint density at radius 3 is 1.81 bits per heavy atom. The van der Waals surface area contributed by atoms with E-state index in [9.17, 15) is 35.1 Å². The number of hydrogen-bond acceptors (Lipinski definition) is 7. The minimum absolute atomic E-state index is 0.174. The fourth-order valence-electron chi connectivity index (χ4n) is 1.57. The van der Waals surface area contributed by atoms with Gasteiger partial charge in [-0.3, -0.25) is 25.0 Å². The summed E-state index contributed by atoms with van der Waals surface area (Å²) in [4.78, 5) is 41.6. The van der Waals surface area contributed by atoms with E-state index in [0.717, 1.165) is 26.1 Å². The second kappa shape index (κ2) is 5.77. The fraction of sp³-hybridized carbons (Fsp3) is 0.222. The maximum atomic E-state index is 11.0. The molecular formula is C9H9N5O7. The molecule has 1 aromatic rings. The minimum Gasteiger partial charge on any atom is -0.326 e. The largest absolute Gasteiger partial charge is 0.326 e. The summed E-state index contributed by atoms with van der Waals surface area (Å²) >= 11 is 0. The van der Waals surface area contributed by atoms with E-state index in [1.807, 2.05) is 0 Å². The van der Waals surface area contributed by atoms with Crippen molar-refractivity contribution in [3.05, 3.63) is 42.5 Å². The highest BCUT2D eigenvalue weighted by atomic mass is 16.7. The molecule has 0 aliphatic rings. The van der Waals surface area contributed by atoms with Gasteiger partial charge in [-0.2, -0.15) is 0 Å². The SMILES string of the molecule is CC(=O)Nc1cc([N+](=O)[O-])c(N(C)[N+](=O)[O-])c([N+](=O)[O-])c1. The third-order valence-electron chi connectivity index (χ3n) is 2.35. The zero-order chi connectivity index (χ0) is 16.3. The topological polar surface area (TPSA) is 162 Å². The molecule has 0 saturated heterocycles. The van der Waals surface area contributed by atoms with Crippen LogP contribution in [-0.2, 0) is 4.79 Å². The van der Waals surface area contributed by atoms with Crippen molar-refractivity contribution in [2.45, 2.75) is 6.92 Å². The van der Waals surface area contributed by atoms with Crippen LogP contribution in [-0.4, -0.2) is 27.8 Å². The van der Waals surface area contributed by atoms with E-state index in [1.165, 1.54) is 0 Å². The second-order valence-corrected chi connectivity index (χ2v) is 3.82. The van der Waals surface area contributed by atoms with Crippen molar-refractivity contribution in [1.29, 1.82) is 0 Å². The van der Waals surface area contributed by atoms with Gasteiger partial charge < -0.3 is 5.32 Å². The van der Waals surface area contributed by atoms with Crippen LogP contribution in [0.1, 0.15) is 6.92 Å². The highest BCUT2D eigenvalue weighted by Gasteiger charge is 2.34. The summed E-state index contributed by atoms with van der Waals surface area (Å²) in [5.74, 6) is -0.603. The van der Waals surface area contributed by atoms with Gasteiger partial charge in [-0.15, -0.1) is 0 Å². The first-order valence-electron chi connectivity index (χ1n) is 5.27. The molecule has 0 saturated carbocycles. The molecule has 12 nitrogen and oxygen atoms in total. The summed E-state index contributed by atoms with van der Waals surface area (Å²) in [5.41, 5.74) is -2.73. The lowest BCUT2D eigenvalue weighted by Crippen LogP contribution is -2.26. The number of nitro groups is 3. The molecule has 21 heavy (non-hydrogen) atoms. The summed E-state index contributed by atoms with van der Waals surface area (Å²) in [6, 6.07) is 1.62. The molecule has 0 fully saturated rings. The van der Waals surface area contributed by atoms with Crippen molar-refractivity contribution in [3.8, 4) is 0 Å². The van der Waals surface area contributed by atoms with Gasteiger partial charge in [-0.25, -0.2) is 10.1 Å². The molecule has 0 unspecified atom stereocenters. The number of nitro benzene ring substituents is 2. The number of nitrogens with zero attached hydrogens (tertiary/aromatic N) is 4. The lowest BCUT2D eigenvalue weighted by molar-refractivity contribution is -0.493. The molecule has 0 radical (unpaired) electrons. The van der Waals surface area contributed by atoms with Crippen molar-refractivity contribution in [1.82, 2.24) is 0 Å². The van der Waals surface area contributed by atoms with E-state index in [0.29, 0.717) is 0 Å². The molecule has 1 aromatic carbocycles. The molecule has 0 atom stereocenters. The normalized spacial score (nSPS) is 9.81. The molecule has 0 bridgehead atoms. The number of nitrogens with one attached hydrogen (secondary N) is 1. The number of anilines is 2. The van der Waals surface area contributed by atoms with Crippen molar-refractivity contribution in [2.75, 3.05) is 17.4 Å². The van der Waals surface area contributed by atoms with Gasteiger partial charge in [0.1, 0.15) is 0 Å². The Balaban J connectivity index is 3.66. The van der Waals surface area contributed by atoms with Gasteiger partial charge in [0.2, 0.25) is 5.91 Å². The number of carbonyl (C=O) groups is 1. The lowest BCUT2D eigenvalue weighted by atomic mass is 10.2. The number of rotatable bonds is 5. The van der Waals surface area contributed by atoms with Gasteiger partial charge in [0, 0.05) is 19.1 Å². The van der Waals surface area contributed by atoms with Gasteiger partial charge in [0.25, 0.3) is 5.69 Å². The minimum atomic E-state index is -1.03. The standard InChI is InChI=1S/C9H9N5O7/c1-5(15)10-6-3-7(12(16)17)9(11(2)14(20)21)8(4-6)13(18)19/h3-4H,1-2H3,(H,10,15). The Morgan fingerprint density at radius 1 is 1.10 bits per heavy atom. The van der Waals surface area contributed by atoms with Crippen LogP contribution in [0, 0.1) is 30.3 Å². The second-order valence-electron chi connectivity index (χ2n) is 3.82. The molecule has 1 amide bonds. The predicted molar refractivity (Wildman–Crippen MR) is 69.5 cm³/mol. The van der Waals surface area contributed by atoms with Crippen molar-refractivity contribution >= 4 is 28.7 Å². The van der Waals surface area contributed by atoms with Crippen LogP contribution >= 0.6 is 0 Å². The summed E-state index contributed by atoms with van der Waals surface area (Å²) < 4.78 is 0. The van der Waals surface area contributed by atoms with Crippen LogP contribution in [0.5, 0.6) is 0 Å². The van der Waals surface area contributed by atoms with E-state index in [-0.39, 0.29) is 10.7 Å². The third kappa shape index (κ3) is 3.37. The average molecular weight is 299 g/mol. The van der Waals surface area contributed by atoms with E-state index < -0.39 is 37.8 Å². The lowest BCUT2D eigenvalue weighted by Gasteiger charge is -2.11. The number of carbonyl (C=O) groups excluding carboxylic acids is 1. The van der Waals surface area contributed by atoms with Gasteiger partial charge in [-0.1, -0.05) is 5.01 Å². The Hall–Kier alpha value is -3.31. The molecule has 0 aromatic heterocycles. The Morgan fingerprint density at radius 2 is 1.52 bits per heavy atom.